The van der Waals surface area contributed by atoms with Gasteiger partial charge in [0.05, 0.1) is 6.61 Å². The number of ether oxygens (including phenoxy) is 1. The Kier molecular flexibility index (Phi) is 3.38. The lowest BCUT2D eigenvalue weighted by atomic mass is 10.0. The Morgan fingerprint density at radius 1 is 1.36 bits per heavy atom. The van der Waals surface area contributed by atoms with E-state index in [1.165, 1.54) is 32.7 Å². The molecule has 0 saturated carbocycles. The molecule has 0 aromatic heterocycles. The highest BCUT2D eigenvalue weighted by Gasteiger charge is 2.35. The van der Waals surface area contributed by atoms with Crippen LogP contribution >= 0.6 is 0 Å². The van der Waals surface area contributed by atoms with Gasteiger partial charge in [-0.15, -0.1) is 0 Å². The summed E-state index contributed by atoms with van der Waals surface area (Å²) in [6, 6.07) is 1.12. The summed E-state index contributed by atoms with van der Waals surface area (Å²) in [6.45, 7) is 6.97. The minimum atomic E-state index is 0.475. The lowest BCUT2D eigenvalue weighted by Gasteiger charge is -2.50. The molecule has 0 amide bonds. The minimum Gasteiger partial charge on any atom is -0.383 e. The Hall–Kier alpha value is -0.160. The van der Waals surface area contributed by atoms with Crippen LogP contribution in [0.15, 0.2) is 0 Å². The van der Waals surface area contributed by atoms with E-state index in [1.807, 2.05) is 7.05 Å². The molecular formula is C10H21N3O. The van der Waals surface area contributed by atoms with Gasteiger partial charge in [-0.3, -0.25) is 9.80 Å². The first kappa shape index (κ1) is 10.4. The first-order chi connectivity index (χ1) is 6.85. The first-order valence-corrected chi connectivity index (χ1v) is 5.47. The summed E-state index contributed by atoms with van der Waals surface area (Å²) in [7, 11) is 3.81. The molecule has 2 unspecified atom stereocenters. The fourth-order valence-corrected chi connectivity index (χ4v) is 2.61. The average Bonchev–Trinajstić information content (AvgIpc) is 2.27. The summed E-state index contributed by atoms with van der Waals surface area (Å²) in [5.41, 5.74) is 0. The zero-order chi connectivity index (χ0) is 9.97. The van der Waals surface area contributed by atoms with Crippen LogP contribution in [0.1, 0.15) is 0 Å². The second-order valence-corrected chi connectivity index (χ2v) is 4.25. The Morgan fingerprint density at radius 2 is 2.07 bits per heavy atom. The third-order valence-corrected chi connectivity index (χ3v) is 3.50. The first-order valence-electron chi connectivity index (χ1n) is 5.47. The van der Waals surface area contributed by atoms with Crippen LogP contribution < -0.4 is 5.32 Å². The van der Waals surface area contributed by atoms with Gasteiger partial charge in [0.2, 0.25) is 0 Å². The highest BCUT2D eigenvalue weighted by molar-refractivity contribution is 4.94. The molecule has 3 aliphatic heterocycles. The SMILES string of the molecule is CNC(COC)C1CN2CCN1CC2. The van der Waals surface area contributed by atoms with Crippen molar-refractivity contribution in [1.29, 1.82) is 0 Å². The van der Waals surface area contributed by atoms with Crippen molar-refractivity contribution >= 4 is 0 Å². The summed E-state index contributed by atoms with van der Waals surface area (Å²) in [5, 5.41) is 3.36. The molecule has 3 saturated heterocycles. The largest absolute Gasteiger partial charge is 0.383 e. The standard InChI is InChI=1S/C10H21N3O/c1-11-9(8-14-2)10-7-12-3-5-13(10)6-4-12/h9-11H,3-8H2,1-2H3. The van der Waals surface area contributed by atoms with Crippen molar-refractivity contribution in [3.63, 3.8) is 0 Å². The molecule has 0 spiro atoms. The average molecular weight is 199 g/mol. The second-order valence-electron chi connectivity index (χ2n) is 4.25. The van der Waals surface area contributed by atoms with Crippen LogP contribution in [0, 0.1) is 0 Å². The summed E-state index contributed by atoms with van der Waals surface area (Å²) in [6.07, 6.45) is 0. The molecule has 0 aromatic carbocycles. The molecule has 3 aliphatic rings. The number of hydrogen-bond acceptors (Lipinski definition) is 4. The van der Waals surface area contributed by atoms with E-state index in [0.717, 1.165) is 6.61 Å². The lowest BCUT2D eigenvalue weighted by molar-refractivity contribution is -0.0150. The van der Waals surface area contributed by atoms with Crippen LogP contribution in [0.2, 0.25) is 0 Å². The number of nitrogens with zero attached hydrogens (tertiary/aromatic N) is 2. The van der Waals surface area contributed by atoms with Crippen LogP contribution in [-0.4, -0.2) is 75.4 Å². The van der Waals surface area contributed by atoms with Gasteiger partial charge in [-0.05, 0) is 7.05 Å². The zero-order valence-corrected chi connectivity index (χ0v) is 9.20. The van der Waals surface area contributed by atoms with E-state index in [9.17, 15) is 0 Å². The number of nitrogens with one attached hydrogen (secondary N) is 1. The van der Waals surface area contributed by atoms with Gasteiger partial charge >= 0.3 is 0 Å². The number of methoxy groups -OCH3 is 1. The number of fused-ring (bicyclic) bond motifs is 3. The van der Waals surface area contributed by atoms with E-state index < -0.39 is 0 Å². The third-order valence-electron chi connectivity index (χ3n) is 3.50. The van der Waals surface area contributed by atoms with Gasteiger partial charge in [0, 0.05) is 51.9 Å². The molecule has 2 atom stereocenters. The highest BCUT2D eigenvalue weighted by atomic mass is 16.5. The molecule has 0 radical (unpaired) electrons. The Labute approximate surface area is 86.2 Å². The maximum atomic E-state index is 5.25. The van der Waals surface area contributed by atoms with Crippen LogP contribution in [0.3, 0.4) is 0 Å². The molecule has 3 rings (SSSR count). The Bertz CT molecular complexity index is 180. The van der Waals surface area contributed by atoms with E-state index in [2.05, 4.69) is 15.1 Å². The van der Waals surface area contributed by atoms with Crippen molar-refractivity contribution in [3.05, 3.63) is 0 Å². The zero-order valence-electron chi connectivity index (χ0n) is 9.20. The number of rotatable bonds is 4. The molecule has 3 fully saturated rings. The molecule has 14 heavy (non-hydrogen) atoms. The van der Waals surface area contributed by atoms with Gasteiger partial charge in [-0.1, -0.05) is 0 Å². The van der Waals surface area contributed by atoms with Crippen molar-refractivity contribution in [3.8, 4) is 0 Å². The minimum absolute atomic E-state index is 0.475. The van der Waals surface area contributed by atoms with Crippen molar-refractivity contribution in [2.45, 2.75) is 12.1 Å². The number of likely N-dealkylation sites (N-methyl/N-ethyl adjacent to an activating group) is 1. The van der Waals surface area contributed by atoms with E-state index in [-0.39, 0.29) is 0 Å². The summed E-state index contributed by atoms with van der Waals surface area (Å²) >= 11 is 0. The van der Waals surface area contributed by atoms with Crippen molar-refractivity contribution in [2.24, 2.45) is 0 Å². The van der Waals surface area contributed by atoms with Crippen molar-refractivity contribution in [1.82, 2.24) is 15.1 Å². The van der Waals surface area contributed by atoms with Crippen LogP contribution in [0.4, 0.5) is 0 Å². The second kappa shape index (κ2) is 4.57. The molecule has 0 aliphatic carbocycles. The van der Waals surface area contributed by atoms with E-state index in [1.54, 1.807) is 7.11 Å². The van der Waals surface area contributed by atoms with E-state index in [0.29, 0.717) is 12.1 Å². The molecule has 4 heteroatoms. The predicted octanol–water partition coefficient (Wildman–Crippen LogP) is -0.779. The fraction of sp³-hybridized carbons (Fsp3) is 1.00. The fourth-order valence-electron chi connectivity index (χ4n) is 2.61. The molecule has 82 valence electrons. The smallest absolute Gasteiger partial charge is 0.0631 e. The topological polar surface area (TPSA) is 27.7 Å². The maximum absolute atomic E-state index is 5.25. The molecule has 4 nitrogen and oxygen atoms in total. The van der Waals surface area contributed by atoms with Gasteiger partial charge in [0.25, 0.3) is 0 Å². The normalized spacial score (nSPS) is 38.6. The Balaban J connectivity index is 1.95. The van der Waals surface area contributed by atoms with Crippen LogP contribution in [0.25, 0.3) is 0 Å². The van der Waals surface area contributed by atoms with Gasteiger partial charge in [0.15, 0.2) is 0 Å². The van der Waals surface area contributed by atoms with E-state index in [4.69, 9.17) is 4.74 Å². The molecule has 3 heterocycles. The maximum Gasteiger partial charge on any atom is 0.0631 e. The molecule has 0 aromatic rings. The van der Waals surface area contributed by atoms with Crippen LogP contribution in [-0.2, 0) is 4.74 Å². The lowest BCUT2D eigenvalue weighted by Crippen LogP contribution is -2.66. The van der Waals surface area contributed by atoms with Crippen molar-refractivity contribution < 1.29 is 4.74 Å². The number of hydrogen-bond donors (Lipinski definition) is 1. The Morgan fingerprint density at radius 3 is 2.50 bits per heavy atom. The predicted molar refractivity (Wildman–Crippen MR) is 56.5 cm³/mol. The summed E-state index contributed by atoms with van der Waals surface area (Å²) in [5.74, 6) is 0. The summed E-state index contributed by atoms with van der Waals surface area (Å²) < 4.78 is 5.25. The van der Waals surface area contributed by atoms with Gasteiger partial charge in [-0.2, -0.15) is 0 Å². The number of piperazine rings is 3. The van der Waals surface area contributed by atoms with Gasteiger partial charge in [-0.25, -0.2) is 0 Å². The van der Waals surface area contributed by atoms with Crippen LogP contribution in [0.5, 0.6) is 0 Å². The van der Waals surface area contributed by atoms with Gasteiger partial charge < -0.3 is 10.1 Å². The summed E-state index contributed by atoms with van der Waals surface area (Å²) in [4.78, 5) is 5.16. The van der Waals surface area contributed by atoms with Gasteiger partial charge in [0.1, 0.15) is 0 Å². The third kappa shape index (κ3) is 1.93. The highest BCUT2D eigenvalue weighted by Crippen LogP contribution is 2.18. The molecule has 1 N–H and O–H groups in total. The molecular weight excluding hydrogens is 178 g/mol. The van der Waals surface area contributed by atoms with Crippen molar-refractivity contribution in [2.75, 3.05) is 53.5 Å². The quantitative estimate of drug-likeness (QED) is 0.643. The van der Waals surface area contributed by atoms with E-state index >= 15 is 0 Å². The molecule has 2 bridgehead atoms. The monoisotopic (exact) mass is 199 g/mol.